The molecule has 0 radical (unpaired) electrons. The first-order valence-electron chi connectivity index (χ1n) is 9.54. The minimum atomic E-state index is -0.815. The highest BCUT2D eigenvalue weighted by Crippen LogP contribution is 2.22. The van der Waals surface area contributed by atoms with E-state index in [-0.39, 0.29) is 54.9 Å². The Morgan fingerprint density at radius 1 is 0.963 bits per heavy atom. The average Bonchev–Trinajstić information content (AvgIpc) is 2.54. The highest BCUT2D eigenvalue weighted by molar-refractivity contribution is 5.94. The maximum atomic E-state index is 12.5. The molecule has 156 valence electrons. The number of carbonyl (C=O) groups is 4. The van der Waals surface area contributed by atoms with Crippen molar-refractivity contribution in [2.45, 2.75) is 73.8 Å². The number of nitrogens with one attached hydrogen (secondary N) is 2. The molecule has 0 aromatic carbocycles. The second-order valence-electron chi connectivity index (χ2n) is 9.13. The predicted octanol–water partition coefficient (Wildman–Crippen LogP) is 1.58. The molecule has 0 spiro atoms. The summed E-state index contributed by atoms with van der Waals surface area (Å²) in [6, 6.07) is -0.0148. The number of rotatable bonds is 10. The summed E-state index contributed by atoms with van der Waals surface area (Å²) in [5.74, 6) is -1.99. The van der Waals surface area contributed by atoms with E-state index in [2.05, 4.69) is 10.6 Å². The molecule has 0 saturated carbocycles. The van der Waals surface area contributed by atoms with Crippen LogP contribution in [0.3, 0.4) is 0 Å². The molecule has 0 fully saturated rings. The lowest BCUT2D eigenvalue weighted by molar-refractivity contribution is -0.135. The van der Waals surface area contributed by atoms with Gasteiger partial charge >= 0.3 is 0 Å². The van der Waals surface area contributed by atoms with Crippen molar-refractivity contribution >= 4 is 23.4 Å². The fraction of sp³-hybridized carbons (Fsp3) is 0.800. The molecule has 0 aliphatic carbocycles. The van der Waals surface area contributed by atoms with Crippen molar-refractivity contribution in [1.82, 2.24) is 10.6 Å². The van der Waals surface area contributed by atoms with Crippen molar-refractivity contribution in [3.05, 3.63) is 0 Å². The Kier molecular flexibility index (Phi) is 9.86. The highest BCUT2D eigenvalue weighted by atomic mass is 16.2. The van der Waals surface area contributed by atoms with Gasteiger partial charge in [-0.3, -0.25) is 19.2 Å². The first-order chi connectivity index (χ1) is 12.2. The van der Waals surface area contributed by atoms with Gasteiger partial charge in [-0.25, -0.2) is 0 Å². The third kappa shape index (κ3) is 9.65. The molecular weight excluding hydrogens is 346 g/mol. The van der Waals surface area contributed by atoms with Crippen LogP contribution in [0.15, 0.2) is 0 Å². The smallest absolute Gasteiger partial charge is 0.239 e. The average molecular weight is 384 g/mol. The van der Waals surface area contributed by atoms with E-state index in [0.717, 1.165) is 6.42 Å². The van der Waals surface area contributed by atoms with Crippen LogP contribution in [-0.2, 0) is 19.2 Å². The molecule has 1 unspecified atom stereocenters. The van der Waals surface area contributed by atoms with Crippen LogP contribution < -0.4 is 16.4 Å². The third-order valence-electron chi connectivity index (χ3n) is 4.55. The first kappa shape index (κ1) is 25.2. The lowest BCUT2D eigenvalue weighted by atomic mass is 9.83. The van der Waals surface area contributed by atoms with Crippen molar-refractivity contribution in [1.29, 1.82) is 0 Å². The number of Topliss-reactive ketones (excluding diaryl/α,β-unsaturated/α-hetero) is 2. The minimum absolute atomic E-state index is 0.0148. The van der Waals surface area contributed by atoms with Gasteiger partial charge in [-0.05, 0) is 11.8 Å². The van der Waals surface area contributed by atoms with E-state index in [4.69, 9.17) is 5.73 Å². The topological polar surface area (TPSA) is 118 Å². The maximum absolute atomic E-state index is 12.5. The number of amides is 2. The zero-order valence-corrected chi connectivity index (χ0v) is 17.9. The molecule has 0 rings (SSSR count). The Bertz CT molecular complexity index is 544. The van der Waals surface area contributed by atoms with Crippen molar-refractivity contribution in [3.63, 3.8) is 0 Å². The summed E-state index contributed by atoms with van der Waals surface area (Å²) in [4.78, 5) is 48.6. The van der Waals surface area contributed by atoms with Gasteiger partial charge in [0.15, 0.2) is 0 Å². The standard InChI is InChI=1S/C20H37N3O4/c1-8-15(19(2,3)4)23-17(26)12-22-18(27)13(9-14(24)11-21)10-16(25)20(5,6)7/h13,15H,8-12,21H2,1-7H3,(H,22,27)(H,23,26)/t13-,15?/m0/s1. The van der Waals surface area contributed by atoms with Gasteiger partial charge in [-0.15, -0.1) is 0 Å². The fourth-order valence-corrected chi connectivity index (χ4v) is 2.63. The zero-order valence-electron chi connectivity index (χ0n) is 17.9. The largest absolute Gasteiger partial charge is 0.351 e. The second-order valence-corrected chi connectivity index (χ2v) is 9.13. The van der Waals surface area contributed by atoms with E-state index in [0.29, 0.717) is 0 Å². The van der Waals surface area contributed by atoms with Gasteiger partial charge in [0.1, 0.15) is 11.6 Å². The van der Waals surface area contributed by atoms with Gasteiger partial charge in [-0.1, -0.05) is 48.5 Å². The number of hydrogen-bond acceptors (Lipinski definition) is 5. The summed E-state index contributed by atoms with van der Waals surface area (Å²) in [5, 5.41) is 5.46. The summed E-state index contributed by atoms with van der Waals surface area (Å²) in [6.07, 6.45) is 0.616. The lowest BCUT2D eigenvalue weighted by Crippen LogP contribution is -2.48. The molecule has 2 atom stereocenters. The Labute approximate surface area is 163 Å². The summed E-state index contributed by atoms with van der Waals surface area (Å²) in [7, 11) is 0. The zero-order chi connectivity index (χ0) is 21.4. The van der Waals surface area contributed by atoms with Crippen LogP contribution >= 0.6 is 0 Å². The SMILES string of the molecule is CCC(NC(=O)CNC(=O)[C@@H](CC(=O)CN)CC(=O)C(C)(C)C)C(C)(C)C. The Morgan fingerprint density at radius 3 is 1.93 bits per heavy atom. The van der Waals surface area contributed by atoms with Crippen LogP contribution in [-0.4, -0.2) is 42.5 Å². The molecule has 0 heterocycles. The quantitative estimate of drug-likeness (QED) is 0.529. The Balaban J connectivity index is 4.91. The molecule has 0 aromatic rings. The molecule has 0 aromatic heterocycles. The van der Waals surface area contributed by atoms with Gasteiger partial charge in [0.05, 0.1) is 19.0 Å². The number of carbonyl (C=O) groups excluding carboxylic acids is 4. The summed E-state index contributed by atoms with van der Waals surface area (Å²) < 4.78 is 0. The first-order valence-corrected chi connectivity index (χ1v) is 9.54. The molecule has 0 bridgehead atoms. The van der Waals surface area contributed by atoms with Crippen LogP contribution in [0.2, 0.25) is 0 Å². The second kappa shape index (κ2) is 10.5. The molecule has 27 heavy (non-hydrogen) atoms. The predicted molar refractivity (Wildman–Crippen MR) is 106 cm³/mol. The van der Waals surface area contributed by atoms with E-state index in [1.165, 1.54) is 0 Å². The monoisotopic (exact) mass is 383 g/mol. The molecule has 0 saturated heterocycles. The number of hydrogen-bond donors (Lipinski definition) is 3. The number of ketones is 2. The minimum Gasteiger partial charge on any atom is -0.351 e. The molecule has 4 N–H and O–H groups in total. The Hall–Kier alpha value is -1.76. The van der Waals surface area contributed by atoms with Crippen LogP contribution in [0.5, 0.6) is 0 Å². The molecule has 0 aliphatic heterocycles. The van der Waals surface area contributed by atoms with E-state index in [1.807, 2.05) is 27.7 Å². The normalized spacial score (nSPS) is 14.2. The van der Waals surface area contributed by atoms with Crippen LogP contribution in [0, 0.1) is 16.7 Å². The summed E-state index contributed by atoms with van der Waals surface area (Å²) in [5.41, 5.74) is 4.64. The van der Waals surface area contributed by atoms with Crippen molar-refractivity contribution in [3.8, 4) is 0 Å². The fourth-order valence-electron chi connectivity index (χ4n) is 2.63. The Morgan fingerprint density at radius 2 is 1.52 bits per heavy atom. The maximum Gasteiger partial charge on any atom is 0.239 e. The molecule has 0 aliphatic rings. The van der Waals surface area contributed by atoms with Crippen LogP contribution in [0.4, 0.5) is 0 Å². The molecule has 7 nitrogen and oxygen atoms in total. The van der Waals surface area contributed by atoms with Crippen molar-refractivity contribution in [2.75, 3.05) is 13.1 Å². The molecule has 2 amide bonds. The van der Waals surface area contributed by atoms with Gasteiger partial charge in [-0.2, -0.15) is 0 Å². The van der Waals surface area contributed by atoms with Crippen LogP contribution in [0.25, 0.3) is 0 Å². The van der Waals surface area contributed by atoms with Gasteiger partial charge in [0, 0.05) is 24.3 Å². The van der Waals surface area contributed by atoms with Crippen molar-refractivity contribution in [2.24, 2.45) is 22.5 Å². The highest BCUT2D eigenvalue weighted by Gasteiger charge is 2.30. The summed E-state index contributed by atoms with van der Waals surface area (Å²) in [6.45, 7) is 13.0. The lowest BCUT2D eigenvalue weighted by Gasteiger charge is -2.30. The van der Waals surface area contributed by atoms with E-state index < -0.39 is 17.2 Å². The van der Waals surface area contributed by atoms with E-state index >= 15 is 0 Å². The third-order valence-corrected chi connectivity index (χ3v) is 4.55. The number of nitrogens with two attached hydrogens (primary N) is 1. The van der Waals surface area contributed by atoms with Crippen LogP contribution in [0.1, 0.15) is 67.7 Å². The van der Waals surface area contributed by atoms with Gasteiger partial charge in [0.2, 0.25) is 11.8 Å². The van der Waals surface area contributed by atoms with Gasteiger partial charge in [0.25, 0.3) is 0 Å². The molecule has 7 heteroatoms. The summed E-state index contributed by atoms with van der Waals surface area (Å²) >= 11 is 0. The molecular formula is C20H37N3O4. The van der Waals surface area contributed by atoms with E-state index in [9.17, 15) is 19.2 Å². The van der Waals surface area contributed by atoms with E-state index in [1.54, 1.807) is 20.8 Å². The van der Waals surface area contributed by atoms with Gasteiger partial charge < -0.3 is 16.4 Å². The van der Waals surface area contributed by atoms with Crippen molar-refractivity contribution < 1.29 is 19.2 Å².